The minimum atomic E-state index is 0. The standard InChI is InChI=1S/C23H35N7.HI/c1-19(28-11-13-29(14-12-28)22-7-5-4-6-8-22)15-25-23(24-2)30-10-9-20(18-30)21-16-26-27(3)17-21;/h4-8,16-17,19-20H,9-15,18H2,1-3H3,(H,24,25);1H. The van der Waals surface area contributed by atoms with E-state index in [1.54, 1.807) is 0 Å². The van der Waals surface area contributed by atoms with Gasteiger partial charge in [0.1, 0.15) is 0 Å². The van der Waals surface area contributed by atoms with E-state index in [0.717, 1.165) is 58.2 Å². The fraction of sp³-hybridized carbons (Fsp3) is 0.565. The number of benzene rings is 1. The summed E-state index contributed by atoms with van der Waals surface area (Å²) in [6.45, 7) is 9.67. The Kier molecular flexibility index (Phi) is 8.59. The van der Waals surface area contributed by atoms with Crippen molar-refractivity contribution in [2.45, 2.75) is 25.3 Å². The summed E-state index contributed by atoms with van der Waals surface area (Å²) in [6.07, 6.45) is 5.30. The van der Waals surface area contributed by atoms with Gasteiger partial charge in [0, 0.05) is 83.8 Å². The summed E-state index contributed by atoms with van der Waals surface area (Å²) in [7, 11) is 3.88. The van der Waals surface area contributed by atoms with Crippen LogP contribution in [0.25, 0.3) is 0 Å². The third-order valence-corrected chi connectivity index (χ3v) is 6.51. The number of anilines is 1. The predicted octanol–water partition coefficient (Wildman–Crippen LogP) is 2.61. The Hall–Kier alpha value is -1.81. The van der Waals surface area contributed by atoms with Gasteiger partial charge in [-0.05, 0) is 31.0 Å². The molecule has 4 rings (SSSR count). The second kappa shape index (κ2) is 11.2. The molecule has 1 aromatic carbocycles. The van der Waals surface area contributed by atoms with Crippen LogP contribution in [-0.2, 0) is 7.05 Å². The highest BCUT2D eigenvalue weighted by Gasteiger charge is 2.27. The first-order valence-electron chi connectivity index (χ1n) is 11.1. The van der Waals surface area contributed by atoms with Crippen molar-refractivity contribution in [3.05, 3.63) is 48.3 Å². The average Bonchev–Trinajstić information content (AvgIpc) is 3.44. The number of halogens is 1. The number of aromatic nitrogens is 2. The third kappa shape index (κ3) is 5.91. The van der Waals surface area contributed by atoms with E-state index in [0.29, 0.717) is 12.0 Å². The second-order valence-electron chi connectivity index (χ2n) is 8.51. The maximum atomic E-state index is 4.56. The van der Waals surface area contributed by atoms with E-state index in [1.807, 2.05) is 25.0 Å². The molecule has 2 aliphatic heterocycles. The molecule has 170 valence electrons. The third-order valence-electron chi connectivity index (χ3n) is 6.51. The molecule has 2 aromatic rings. The fourth-order valence-electron chi connectivity index (χ4n) is 4.64. The molecule has 3 heterocycles. The molecule has 2 fully saturated rings. The van der Waals surface area contributed by atoms with Gasteiger partial charge in [-0.1, -0.05) is 18.2 Å². The van der Waals surface area contributed by atoms with Gasteiger partial charge in [0.25, 0.3) is 0 Å². The van der Waals surface area contributed by atoms with Crippen LogP contribution in [0.5, 0.6) is 0 Å². The molecule has 0 amide bonds. The number of hydrogen-bond acceptors (Lipinski definition) is 4. The lowest BCUT2D eigenvalue weighted by Gasteiger charge is -2.39. The Labute approximate surface area is 203 Å². The fourth-order valence-corrected chi connectivity index (χ4v) is 4.64. The van der Waals surface area contributed by atoms with Crippen molar-refractivity contribution in [2.75, 3.05) is 57.8 Å². The normalized spacial score (nSPS) is 21.1. The highest BCUT2D eigenvalue weighted by molar-refractivity contribution is 14.0. The van der Waals surface area contributed by atoms with Crippen molar-refractivity contribution in [1.29, 1.82) is 0 Å². The number of aryl methyl sites for hydroxylation is 1. The van der Waals surface area contributed by atoms with Gasteiger partial charge in [-0.25, -0.2) is 0 Å². The summed E-state index contributed by atoms with van der Waals surface area (Å²) in [6, 6.07) is 11.2. The minimum Gasteiger partial charge on any atom is -0.369 e. The van der Waals surface area contributed by atoms with Crippen LogP contribution in [0.4, 0.5) is 5.69 Å². The summed E-state index contributed by atoms with van der Waals surface area (Å²) < 4.78 is 1.89. The van der Waals surface area contributed by atoms with E-state index < -0.39 is 0 Å². The summed E-state index contributed by atoms with van der Waals surface area (Å²) in [4.78, 5) is 12.0. The van der Waals surface area contributed by atoms with Gasteiger partial charge in [0.05, 0.1) is 6.20 Å². The molecular formula is C23H36IN7. The maximum Gasteiger partial charge on any atom is 0.193 e. The van der Waals surface area contributed by atoms with Gasteiger partial charge in [-0.2, -0.15) is 5.10 Å². The van der Waals surface area contributed by atoms with Crippen LogP contribution in [0.3, 0.4) is 0 Å². The Bertz CT molecular complexity index is 829. The highest BCUT2D eigenvalue weighted by atomic mass is 127. The van der Waals surface area contributed by atoms with Crippen molar-refractivity contribution < 1.29 is 0 Å². The van der Waals surface area contributed by atoms with Crippen LogP contribution >= 0.6 is 24.0 Å². The number of piperazine rings is 1. The lowest BCUT2D eigenvalue weighted by Crippen LogP contribution is -2.53. The van der Waals surface area contributed by atoms with Gasteiger partial charge in [0.15, 0.2) is 5.96 Å². The summed E-state index contributed by atoms with van der Waals surface area (Å²) in [5.41, 5.74) is 2.67. The number of rotatable bonds is 5. The lowest BCUT2D eigenvalue weighted by molar-refractivity contribution is 0.196. The van der Waals surface area contributed by atoms with Gasteiger partial charge in [0.2, 0.25) is 0 Å². The molecule has 2 unspecified atom stereocenters. The van der Waals surface area contributed by atoms with Crippen LogP contribution in [-0.4, -0.2) is 84.4 Å². The van der Waals surface area contributed by atoms with Crippen molar-refractivity contribution in [3.8, 4) is 0 Å². The van der Waals surface area contributed by atoms with E-state index >= 15 is 0 Å². The molecule has 7 nitrogen and oxygen atoms in total. The van der Waals surface area contributed by atoms with Crippen LogP contribution in [0.2, 0.25) is 0 Å². The van der Waals surface area contributed by atoms with Crippen molar-refractivity contribution in [1.82, 2.24) is 24.9 Å². The Morgan fingerprint density at radius 1 is 1.16 bits per heavy atom. The zero-order chi connectivity index (χ0) is 20.9. The molecule has 1 N–H and O–H groups in total. The number of nitrogens with zero attached hydrogens (tertiary/aromatic N) is 6. The van der Waals surface area contributed by atoms with E-state index in [1.165, 1.54) is 11.3 Å². The first-order valence-corrected chi connectivity index (χ1v) is 11.1. The number of aliphatic imine (C=N–C) groups is 1. The Morgan fingerprint density at radius 2 is 1.90 bits per heavy atom. The molecule has 2 saturated heterocycles. The number of guanidine groups is 1. The van der Waals surface area contributed by atoms with Crippen molar-refractivity contribution >= 4 is 35.6 Å². The summed E-state index contributed by atoms with van der Waals surface area (Å²) in [5, 5.41) is 7.96. The van der Waals surface area contributed by atoms with Crippen molar-refractivity contribution in [2.24, 2.45) is 12.0 Å². The van der Waals surface area contributed by atoms with Crippen LogP contribution in [0.1, 0.15) is 24.8 Å². The molecule has 2 atom stereocenters. The van der Waals surface area contributed by atoms with Gasteiger partial charge < -0.3 is 15.1 Å². The van der Waals surface area contributed by atoms with E-state index in [2.05, 4.69) is 73.6 Å². The van der Waals surface area contributed by atoms with Gasteiger partial charge >= 0.3 is 0 Å². The molecule has 0 bridgehead atoms. The van der Waals surface area contributed by atoms with Gasteiger partial charge in [-0.3, -0.25) is 14.6 Å². The monoisotopic (exact) mass is 537 g/mol. The predicted molar refractivity (Wildman–Crippen MR) is 139 cm³/mol. The smallest absolute Gasteiger partial charge is 0.193 e. The molecule has 8 heteroatoms. The topological polar surface area (TPSA) is 51.9 Å². The Balaban J connectivity index is 0.00000272. The minimum absolute atomic E-state index is 0. The first kappa shape index (κ1) is 23.8. The van der Waals surface area contributed by atoms with Crippen LogP contribution in [0.15, 0.2) is 47.7 Å². The Morgan fingerprint density at radius 3 is 2.55 bits per heavy atom. The number of likely N-dealkylation sites (tertiary alicyclic amines) is 1. The molecule has 0 aliphatic carbocycles. The molecule has 1 aromatic heterocycles. The first-order chi connectivity index (χ1) is 14.6. The molecule has 31 heavy (non-hydrogen) atoms. The van der Waals surface area contributed by atoms with Crippen molar-refractivity contribution in [3.63, 3.8) is 0 Å². The number of nitrogens with one attached hydrogen (secondary N) is 1. The van der Waals surface area contributed by atoms with E-state index in [4.69, 9.17) is 0 Å². The SMILES string of the molecule is CN=C(NCC(C)N1CCN(c2ccccc2)CC1)N1CCC(c2cnn(C)c2)C1.I. The van der Waals surface area contributed by atoms with E-state index in [-0.39, 0.29) is 24.0 Å². The molecular weight excluding hydrogens is 501 g/mol. The summed E-state index contributed by atoms with van der Waals surface area (Å²) >= 11 is 0. The van der Waals surface area contributed by atoms with E-state index in [9.17, 15) is 0 Å². The number of para-hydroxylation sites is 1. The number of hydrogen-bond donors (Lipinski definition) is 1. The zero-order valence-electron chi connectivity index (χ0n) is 18.9. The lowest BCUT2D eigenvalue weighted by atomic mass is 10.0. The largest absolute Gasteiger partial charge is 0.369 e. The van der Waals surface area contributed by atoms with Gasteiger partial charge in [-0.15, -0.1) is 24.0 Å². The average molecular weight is 537 g/mol. The summed E-state index contributed by atoms with van der Waals surface area (Å²) in [5.74, 6) is 1.57. The molecule has 0 spiro atoms. The zero-order valence-corrected chi connectivity index (χ0v) is 21.3. The molecule has 2 aliphatic rings. The van der Waals surface area contributed by atoms with Crippen LogP contribution < -0.4 is 10.2 Å². The quantitative estimate of drug-likeness (QED) is 0.361. The second-order valence-corrected chi connectivity index (χ2v) is 8.51. The maximum absolute atomic E-state index is 4.56. The molecule has 0 radical (unpaired) electrons. The highest BCUT2D eigenvalue weighted by Crippen LogP contribution is 2.26. The van der Waals surface area contributed by atoms with Crippen LogP contribution in [0, 0.1) is 0 Å². The molecule has 0 saturated carbocycles.